The van der Waals surface area contributed by atoms with Crippen LogP contribution in [0.1, 0.15) is 78.0 Å². The standard InChI is InChI=1S/C28H40NO2/c1-20(2)18-29-19-21-17-24(26(3,4)5)22-11-9-10-12-23(22)25(21)27(6,14-16-31-8)28(29,7)13-15-30/h9-12,17-19,30H,13-16H2,1-8H3/q+1. The molecule has 0 radical (unpaired) electrons. The lowest BCUT2D eigenvalue weighted by atomic mass is 9.59. The topological polar surface area (TPSA) is 32.5 Å². The summed E-state index contributed by atoms with van der Waals surface area (Å²) in [5, 5.41) is 12.8. The van der Waals surface area contributed by atoms with Crippen LogP contribution in [0.25, 0.3) is 10.8 Å². The van der Waals surface area contributed by atoms with Crippen LogP contribution in [0.4, 0.5) is 0 Å². The molecule has 0 saturated carbocycles. The van der Waals surface area contributed by atoms with Gasteiger partial charge in [-0.3, -0.25) is 0 Å². The maximum atomic E-state index is 10.1. The van der Waals surface area contributed by atoms with E-state index in [4.69, 9.17) is 4.74 Å². The van der Waals surface area contributed by atoms with Gasteiger partial charge in [-0.05, 0) is 66.1 Å². The number of allylic oxidation sites excluding steroid dienone is 1. The monoisotopic (exact) mass is 422 g/mol. The molecular formula is C28H40NO2+. The second kappa shape index (κ2) is 8.52. The van der Waals surface area contributed by atoms with Gasteiger partial charge in [0, 0.05) is 39.2 Å². The van der Waals surface area contributed by atoms with Crippen molar-refractivity contribution in [1.29, 1.82) is 0 Å². The normalized spacial score (nSPS) is 23.5. The predicted molar refractivity (Wildman–Crippen MR) is 131 cm³/mol. The summed E-state index contributed by atoms with van der Waals surface area (Å²) in [6.07, 6.45) is 6.10. The summed E-state index contributed by atoms with van der Waals surface area (Å²) >= 11 is 0. The Hall–Kier alpha value is -1.97. The lowest BCUT2D eigenvalue weighted by molar-refractivity contribution is -0.560. The Morgan fingerprint density at radius 2 is 1.74 bits per heavy atom. The van der Waals surface area contributed by atoms with E-state index in [0.29, 0.717) is 13.0 Å². The molecule has 0 bridgehead atoms. The van der Waals surface area contributed by atoms with Crippen molar-refractivity contribution in [1.82, 2.24) is 0 Å². The van der Waals surface area contributed by atoms with E-state index in [2.05, 4.69) is 95.8 Å². The summed E-state index contributed by atoms with van der Waals surface area (Å²) in [4.78, 5) is 0. The highest BCUT2D eigenvalue weighted by Crippen LogP contribution is 2.50. The number of benzene rings is 2. The molecule has 1 heterocycles. The number of rotatable bonds is 6. The number of fused-ring (bicyclic) bond motifs is 3. The summed E-state index contributed by atoms with van der Waals surface area (Å²) in [5.41, 5.74) is 4.81. The van der Waals surface area contributed by atoms with Gasteiger partial charge in [0.25, 0.3) is 0 Å². The van der Waals surface area contributed by atoms with Crippen LogP contribution in [0.15, 0.2) is 42.1 Å². The summed E-state index contributed by atoms with van der Waals surface area (Å²) in [6.45, 7) is 16.6. The molecule has 0 aromatic heterocycles. The van der Waals surface area contributed by atoms with Gasteiger partial charge in [-0.25, -0.2) is 0 Å². The average molecular weight is 423 g/mol. The van der Waals surface area contributed by atoms with Gasteiger partial charge >= 0.3 is 0 Å². The van der Waals surface area contributed by atoms with E-state index >= 15 is 0 Å². The summed E-state index contributed by atoms with van der Waals surface area (Å²) in [6, 6.07) is 11.2. The Morgan fingerprint density at radius 3 is 2.29 bits per heavy atom. The van der Waals surface area contributed by atoms with Crippen molar-refractivity contribution < 1.29 is 14.4 Å². The van der Waals surface area contributed by atoms with Gasteiger partial charge in [-0.1, -0.05) is 45.0 Å². The number of aliphatic hydroxyl groups is 1. The second-order valence-electron chi connectivity index (χ2n) is 10.7. The smallest absolute Gasteiger partial charge is 0.176 e. The molecule has 2 aromatic rings. The third-order valence-electron chi connectivity index (χ3n) is 7.27. The van der Waals surface area contributed by atoms with Crippen molar-refractivity contribution in [2.24, 2.45) is 0 Å². The Morgan fingerprint density at radius 1 is 1.10 bits per heavy atom. The van der Waals surface area contributed by atoms with Gasteiger partial charge in [0.05, 0.1) is 5.41 Å². The Labute approximate surface area is 188 Å². The number of hydrogen-bond acceptors (Lipinski definition) is 2. The highest BCUT2D eigenvalue weighted by molar-refractivity contribution is 5.98. The maximum Gasteiger partial charge on any atom is 0.176 e. The van der Waals surface area contributed by atoms with E-state index in [-0.39, 0.29) is 23.0 Å². The lowest BCUT2D eigenvalue weighted by Gasteiger charge is -2.47. The van der Waals surface area contributed by atoms with Crippen LogP contribution in [0, 0.1) is 0 Å². The Bertz CT molecular complexity index is 1020. The molecule has 3 nitrogen and oxygen atoms in total. The first-order chi connectivity index (χ1) is 14.5. The molecule has 0 saturated heterocycles. The summed E-state index contributed by atoms with van der Waals surface area (Å²) in [7, 11) is 1.78. The highest BCUT2D eigenvalue weighted by atomic mass is 16.5. The third kappa shape index (κ3) is 3.99. The van der Waals surface area contributed by atoms with Crippen LogP contribution in [0.3, 0.4) is 0 Å². The molecule has 2 unspecified atom stereocenters. The van der Waals surface area contributed by atoms with Crippen molar-refractivity contribution in [3.05, 3.63) is 58.8 Å². The van der Waals surface area contributed by atoms with Crippen molar-refractivity contribution in [3.8, 4) is 0 Å². The molecule has 0 aliphatic carbocycles. The first kappa shape index (κ1) is 23.7. The fraction of sp³-hybridized carbons (Fsp3) is 0.536. The van der Waals surface area contributed by atoms with Gasteiger partial charge < -0.3 is 9.84 Å². The summed E-state index contributed by atoms with van der Waals surface area (Å²) < 4.78 is 7.95. The van der Waals surface area contributed by atoms with E-state index in [1.165, 1.54) is 33.0 Å². The zero-order valence-corrected chi connectivity index (χ0v) is 20.7. The maximum absolute atomic E-state index is 10.1. The lowest BCUT2D eigenvalue weighted by Crippen LogP contribution is -2.58. The van der Waals surface area contributed by atoms with Crippen LogP contribution >= 0.6 is 0 Å². The molecule has 3 rings (SSSR count). The fourth-order valence-electron chi connectivity index (χ4n) is 5.36. The van der Waals surface area contributed by atoms with Gasteiger partial charge in [0.1, 0.15) is 0 Å². The van der Waals surface area contributed by atoms with Gasteiger partial charge in [0.2, 0.25) is 0 Å². The number of ether oxygens (including phenoxy) is 1. The first-order valence-electron chi connectivity index (χ1n) is 11.4. The summed E-state index contributed by atoms with van der Waals surface area (Å²) in [5.74, 6) is 0. The molecule has 0 amide bonds. The average Bonchev–Trinajstić information content (AvgIpc) is 2.69. The molecular weight excluding hydrogens is 382 g/mol. The molecule has 1 aliphatic rings. The van der Waals surface area contributed by atoms with E-state index in [0.717, 1.165) is 6.42 Å². The molecule has 31 heavy (non-hydrogen) atoms. The molecule has 0 spiro atoms. The van der Waals surface area contributed by atoms with Crippen LogP contribution in [-0.4, -0.2) is 41.8 Å². The predicted octanol–water partition coefficient (Wildman–Crippen LogP) is 5.94. The van der Waals surface area contributed by atoms with Crippen LogP contribution < -0.4 is 0 Å². The second-order valence-corrected chi connectivity index (χ2v) is 10.7. The fourth-order valence-corrected chi connectivity index (χ4v) is 5.36. The van der Waals surface area contributed by atoms with Crippen molar-refractivity contribution in [2.45, 2.75) is 77.7 Å². The zero-order valence-electron chi connectivity index (χ0n) is 20.7. The Balaban J connectivity index is 2.50. The minimum atomic E-state index is -0.281. The largest absolute Gasteiger partial charge is 0.396 e. The number of aliphatic hydroxyl groups excluding tert-OH is 1. The minimum absolute atomic E-state index is 0.0403. The third-order valence-corrected chi connectivity index (χ3v) is 7.27. The minimum Gasteiger partial charge on any atom is -0.396 e. The van der Waals surface area contributed by atoms with E-state index < -0.39 is 0 Å². The molecule has 1 N–H and O–H groups in total. The van der Waals surface area contributed by atoms with Gasteiger partial charge in [-0.15, -0.1) is 0 Å². The van der Waals surface area contributed by atoms with E-state index in [1.54, 1.807) is 7.11 Å². The Kier molecular flexibility index (Phi) is 6.51. The molecule has 2 aromatic carbocycles. The first-order valence-corrected chi connectivity index (χ1v) is 11.4. The van der Waals surface area contributed by atoms with Crippen molar-refractivity contribution in [3.63, 3.8) is 0 Å². The van der Waals surface area contributed by atoms with Gasteiger partial charge in [-0.2, -0.15) is 4.58 Å². The SMILES string of the molecule is COCCC1(C)c2c(cc(C(C)(C)C)c3ccccc23)C=[N+](C=C(C)C)C1(C)CCO. The number of nitrogens with zero attached hydrogens (tertiary/aromatic N) is 1. The van der Waals surface area contributed by atoms with Crippen LogP contribution in [-0.2, 0) is 15.6 Å². The van der Waals surface area contributed by atoms with E-state index in [9.17, 15) is 5.11 Å². The number of methoxy groups -OCH3 is 1. The molecule has 0 fully saturated rings. The number of hydrogen-bond donors (Lipinski definition) is 1. The van der Waals surface area contributed by atoms with Crippen molar-refractivity contribution in [2.75, 3.05) is 20.3 Å². The highest BCUT2D eigenvalue weighted by Gasteiger charge is 2.56. The van der Waals surface area contributed by atoms with Gasteiger partial charge in [0.15, 0.2) is 18.0 Å². The van der Waals surface area contributed by atoms with Crippen LogP contribution in [0.2, 0.25) is 0 Å². The van der Waals surface area contributed by atoms with Crippen molar-refractivity contribution >= 4 is 17.0 Å². The molecule has 168 valence electrons. The zero-order chi connectivity index (χ0) is 23.0. The van der Waals surface area contributed by atoms with Crippen LogP contribution in [0.5, 0.6) is 0 Å². The molecule has 2 atom stereocenters. The molecule has 3 heteroatoms. The quantitative estimate of drug-likeness (QED) is 0.584. The molecule has 1 aliphatic heterocycles. The van der Waals surface area contributed by atoms with E-state index in [1.807, 2.05) is 0 Å².